The van der Waals surface area contributed by atoms with Crippen molar-refractivity contribution in [3.8, 4) is 0 Å². The molecule has 2 aromatic rings. The largest absolute Gasteiger partial charge is 0.478 e. The SMILES string of the molecule is O=C(O)c1ccc(Nc2ncccc2C(F)(F)F)c(F)c1. The first-order chi connectivity index (χ1) is 9.79. The zero-order valence-electron chi connectivity index (χ0n) is 10.3. The van der Waals surface area contributed by atoms with Gasteiger partial charge in [0.2, 0.25) is 0 Å². The molecule has 1 aromatic carbocycles. The normalized spacial score (nSPS) is 11.2. The number of alkyl halides is 3. The number of aromatic carboxylic acids is 1. The minimum absolute atomic E-state index is 0.302. The number of halogens is 4. The van der Waals surface area contributed by atoms with Crippen molar-refractivity contribution < 1.29 is 27.5 Å². The minimum Gasteiger partial charge on any atom is -0.478 e. The lowest BCUT2D eigenvalue weighted by Gasteiger charge is -2.13. The summed E-state index contributed by atoms with van der Waals surface area (Å²) in [4.78, 5) is 14.2. The lowest BCUT2D eigenvalue weighted by Crippen LogP contribution is -2.10. The molecule has 110 valence electrons. The van der Waals surface area contributed by atoms with Crippen LogP contribution in [0.2, 0.25) is 0 Å². The van der Waals surface area contributed by atoms with Crippen LogP contribution in [0.3, 0.4) is 0 Å². The van der Waals surface area contributed by atoms with Crippen LogP contribution < -0.4 is 5.32 Å². The monoisotopic (exact) mass is 300 g/mol. The highest BCUT2D eigenvalue weighted by Crippen LogP contribution is 2.35. The number of rotatable bonds is 3. The van der Waals surface area contributed by atoms with Gasteiger partial charge in [0.1, 0.15) is 11.6 Å². The Labute approximate surface area is 116 Å². The second-order valence-corrected chi connectivity index (χ2v) is 4.02. The Hall–Kier alpha value is -2.64. The molecule has 0 amide bonds. The summed E-state index contributed by atoms with van der Waals surface area (Å²) < 4.78 is 52.0. The number of hydrogen-bond acceptors (Lipinski definition) is 3. The van der Waals surface area contributed by atoms with Crippen molar-refractivity contribution in [1.29, 1.82) is 0 Å². The standard InChI is InChI=1S/C13H8F4N2O2/c14-9-6-7(12(20)21)3-4-10(9)19-11-8(13(15,16)17)2-1-5-18-11/h1-6H,(H,18,19)(H,20,21). The molecule has 1 heterocycles. The Morgan fingerprint density at radius 1 is 1.24 bits per heavy atom. The van der Waals surface area contributed by atoms with Gasteiger partial charge in [-0.05, 0) is 30.3 Å². The van der Waals surface area contributed by atoms with E-state index in [4.69, 9.17) is 5.11 Å². The predicted octanol–water partition coefficient (Wildman–Crippen LogP) is 3.68. The van der Waals surface area contributed by atoms with Gasteiger partial charge in [-0.3, -0.25) is 0 Å². The Kier molecular flexibility index (Phi) is 3.79. The van der Waals surface area contributed by atoms with Crippen LogP contribution in [0.25, 0.3) is 0 Å². The fraction of sp³-hybridized carbons (Fsp3) is 0.0769. The number of carboxylic acid groups (broad SMARTS) is 1. The van der Waals surface area contributed by atoms with E-state index in [1.807, 2.05) is 0 Å². The molecular formula is C13H8F4N2O2. The maximum atomic E-state index is 13.7. The maximum absolute atomic E-state index is 13.7. The Morgan fingerprint density at radius 3 is 2.52 bits per heavy atom. The lowest BCUT2D eigenvalue weighted by atomic mass is 10.2. The van der Waals surface area contributed by atoms with Crippen LogP contribution in [0.4, 0.5) is 29.1 Å². The van der Waals surface area contributed by atoms with Gasteiger partial charge in [0.15, 0.2) is 0 Å². The lowest BCUT2D eigenvalue weighted by molar-refractivity contribution is -0.137. The molecule has 0 bridgehead atoms. The van der Waals surface area contributed by atoms with Crippen molar-refractivity contribution in [3.63, 3.8) is 0 Å². The van der Waals surface area contributed by atoms with E-state index in [0.717, 1.165) is 30.5 Å². The number of carboxylic acids is 1. The van der Waals surface area contributed by atoms with Gasteiger partial charge in [-0.25, -0.2) is 14.2 Å². The molecule has 0 saturated heterocycles. The molecule has 1 aromatic heterocycles. The van der Waals surface area contributed by atoms with E-state index in [-0.39, 0.29) is 11.3 Å². The van der Waals surface area contributed by atoms with Gasteiger partial charge in [-0.1, -0.05) is 0 Å². The molecule has 4 nitrogen and oxygen atoms in total. The summed E-state index contributed by atoms with van der Waals surface area (Å²) in [5.74, 6) is -2.89. The van der Waals surface area contributed by atoms with Crippen LogP contribution in [0.5, 0.6) is 0 Å². The molecule has 21 heavy (non-hydrogen) atoms. The van der Waals surface area contributed by atoms with Crippen molar-refractivity contribution in [2.45, 2.75) is 6.18 Å². The molecule has 0 radical (unpaired) electrons. The van der Waals surface area contributed by atoms with Gasteiger partial charge in [-0.2, -0.15) is 13.2 Å². The zero-order chi connectivity index (χ0) is 15.6. The molecule has 8 heteroatoms. The molecule has 0 fully saturated rings. The van der Waals surface area contributed by atoms with Crippen LogP contribution in [0.1, 0.15) is 15.9 Å². The molecule has 0 atom stereocenters. The first kappa shape index (κ1) is 14.8. The van der Waals surface area contributed by atoms with E-state index in [0.29, 0.717) is 6.07 Å². The Morgan fingerprint density at radius 2 is 1.95 bits per heavy atom. The van der Waals surface area contributed by atoms with E-state index in [1.165, 1.54) is 0 Å². The number of pyridine rings is 1. The highest BCUT2D eigenvalue weighted by atomic mass is 19.4. The van der Waals surface area contributed by atoms with Gasteiger partial charge in [0, 0.05) is 6.20 Å². The summed E-state index contributed by atoms with van der Waals surface area (Å²) in [6.07, 6.45) is -3.52. The maximum Gasteiger partial charge on any atom is 0.419 e. The molecule has 2 N–H and O–H groups in total. The molecular weight excluding hydrogens is 292 g/mol. The van der Waals surface area contributed by atoms with Crippen molar-refractivity contribution in [2.24, 2.45) is 0 Å². The Bertz CT molecular complexity index is 686. The van der Waals surface area contributed by atoms with E-state index < -0.39 is 29.3 Å². The molecule has 0 aliphatic carbocycles. The number of carbonyl (C=O) groups is 1. The van der Waals surface area contributed by atoms with Crippen LogP contribution in [0, 0.1) is 5.82 Å². The smallest absolute Gasteiger partial charge is 0.419 e. The molecule has 0 saturated carbocycles. The third kappa shape index (κ3) is 3.28. The topological polar surface area (TPSA) is 62.2 Å². The van der Waals surface area contributed by atoms with Crippen LogP contribution >= 0.6 is 0 Å². The van der Waals surface area contributed by atoms with Crippen molar-refractivity contribution in [2.75, 3.05) is 5.32 Å². The number of anilines is 2. The summed E-state index contributed by atoms with van der Waals surface area (Å²) in [7, 11) is 0. The van der Waals surface area contributed by atoms with Gasteiger partial charge < -0.3 is 10.4 Å². The first-order valence-corrected chi connectivity index (χ1v) is 5.61. The van der Waals surface area contributed by atoms with Gasteiger partial charge in [0.25, 0.3) is 0 Å². The highest BCUT2D eigenvalue weighted by Gasteiger charge is 2.34. The summed E-state index contributed by atoms with van der Waals surface area (Å²) in [5.41, 5.74) is -1.66. The molecule has 0 spiro atoms. The van der Waals surface area contributed by atoms with E-state index >= 15 is 0 Å². The predicted molar refractivity (Wildman–Crippen MR) is 65.9 cm³/mol. The number of nitrogens with one attached hydrogen (secondary N) is 1. The van der Waals surface area contributed by atoms with Crippen molar-refractivity contribution in [1.82, 2.24) is 4.98 Å². The minimum atomic E-state index is -4.64. The number of aromatic nitrogens is 1. The first-order valence-electron chi connectivity index (χ1n) is 5.61. The fourth-order valence-electron chi connectivity index (χ4n) is 1.61. The second kappa shape index (κ2) is 5.39. The van der Waals surface area contributed by atoms with Gasteiger partial charge in [0.05, 0.1) is 16.8 Å². The van der Waals surface area contributed by atoms with Crippen molar-refractivity contribution >= 4 is 17.5 Å². The number of hydrogen-bond donors (Lipinski definition) is 2. The number of nitrogens with zero attached hydrogens (tertiary/aromatic N) is 1. The number of benzene rings is 1. The van der Waals surface area contributed by atoms with Crippen molar-refractivity contribution in [3.05, 3.63) is 53.5 Å². The van der Waals surface area contributed by atoms with E-state index in [2.05, 4.69) is 10.3 Å². The summed E-state index contributed by atoms with van der Waals surface area (Å²) in [6.45, 7) is 0. The molecule has 0 unspecified atom stereocenters. The highest BCUT2D eigenvalue weighted by molar-refractivity contribution is 5.88. The fourth-order valence-corrected chi connectivity index (χ4v) is 1.61. The third-order valence-electron chi connectivity index (χ3n) is 2.58. The van der Waals surface area contributed by atoms with E-state index in [1.54, 1.807) is 0 Å². The third-order valence-corrected chi connectivity index (χ3v) is 2.58. The summed E-state index contributed by atoms with van der Waals surface area (Å²) >= 11 is 0. The van der Waals surface area contributed by atoms with Gasteiger partial charge >= 0.3 is 12.1 Å². The average Bonchev–Trinajstić information content (AvgIpc) is 2.40. The second-order valence-electron chi connectivity index (χ2n) is 4.02. The quantitative estimate of drug-likeness (QED) is 0.849. The van der Waals surface area contributed by atoms with E-state index in [9.17, 15) is 22.4 Å². The molecule has 0 aliphatic heterocycles. The zero-order valence-corrected chi connectivity index (χ0v) is 10.3. The average molecular weight is 300 g/mol. The molecule has 0 aliphatic rings. The van der Waals surface area contributed by atoms with Crippen LogP contribution in [-0.2, 0) is 6.18 Å². The van der Waals surface area contributed by atoms with Gasteiger partial charge in [-0.15, -0.1) is 0 Å². The van der Waals surface area contributed by atoms with Crippen LogP contribution in [-0.4, -0.2) is 16.1 Å². The molecule has 2 rings (SSSR count). The summed E-state index contributed by atoms with van der Waals surface area (Å²) in [5, 5.41) is 10.9. The Balaban J connectivity index is 2.38. The summed E-state index contributed by atoms with van der Waals surface area (Å²) in [6, 6.07) is 4.73. The van der Waals surface area contributed by atoms with Crippen LogP contribution in [0.15, 0.2) is 36.5 Å².